The van der Waals surface area contributed by atoms with E-state index in [1.807, 2.05) is 0 Å². The number of aliphatic carboxylic acids is 1. The van der Waals surface area contributed by atoms with Crippen molar-refractivity contribution in [3.63, 3.8) is 0 Å². The van der Waals surface area contributed by atoms with Crippen molar-refractivity contribution < 1.29 is 23.8 Å². The summed E-state index contributed by atoms with van der Waals surface area (Å²) in [6.45, 7) is 0. The molecule has 0 amide bonds. The predicted octanol–water partition coefficient (Wildman–Crippen LogP) is 4.79. The van der Waals surface area contributed by atoms with Crippen molar-refractivity contribution in [1.82, 2.24) is 4.98 Å². The standard InChI is InChI=1S/C21H15ClFNO4/c22-18-6-2-1-4-13(18)12-17(21(26)27)19(25)16-5-3-11-24-20(16)28-15-9-7-14(23)8-10-15/h1-11,17H,12H2,(H,26,27). The number of carboxylic acids is 1. The number of carboxylic acid groups (broad SMARTS) is 1. The molecule has 1 N–H and O–H groups in total. The number of halogens is 2. The first-order valence-electron chi connectivity index (χ1n) is 8.34. The second-order valence-electron chi connectivity index (χ2n) is 5.96. The molecule has 1 atom stereocenters. The number of carbonyl (C=O) groups is 2. The van der Waals surface area contributed by atoms with Crippen molar-refractivity contribution in [2.45, 2.75) is 6.42 Å². The van der Waals surface area contributed by atoms with Crippen LogP contribution in [0.3, 0.4) is 0 Å². The van der Waals surface area contributed by atoms with Crippen LogP contribution in [0.2, 0.25) is 5.02 Å². The zero-order valence-electron chi connectivity index (χ0n) is 14.5. The summed E-state index contributed by atoms with van der Waals surface area (Å²) in [6.07, 6.45) is 1.35. The Morgan fingerprint density at radius 2 is 1.79 bits per heavy atom. The molecule has 0 aliphatic heterocycles. The number of benzene rings is 2. The van der Waals surface area contributed by atoms with Gasteiger partial charge in [-0.25, -0.2) is 9.37 Å². The highest BCUT2D eigenvalue weighted by Gasteiger charge is 2.30. The molecule has 5 nitrogen and oxygen atoms in total. The molecule has 0 radical (unpaired) electrons. The molecule has 1 aromatic heterocycles. The SMILES string of the molecule is O=C(O)C(Cc1ccccc1Cl)C(=O)c1cccnc1Oc1ccc(F)cc1. The second kappa shape index (κ2) is 8.63. The van der Waals surface area contributed by atoms with E-state index < -0.39 is 23.5 Å². The van der Waals surface area contributed by atoms with Crippen molar-refractivity contribution in [3.8, 4) is 11.6 Å². The lowest BCUT2D eigenvalue weighted by Crippen LogP contribution is -2.26. The molecule has 0 saturated heterocycles. The highest BCUT2D eigenvalue weighted by Crippen LogP contribution is 2.27. The van der Waals surface area contributed by atoms with Gasteiger partial charge in [0.25, 0.3) is 0 Å². The number of rotatable bonds is 7. The Kier molecular flexibility index (Phi) is 6.01. The van der Waals surface area contributed by atoms with Crippen LogP contribution in [0.4, 0.5) is 4.39 Å². The third-order valence-corrected chi connectivity index (χ3v) is 4.43. The molecule has 142 valence electrons. The summed E-state index contributed by atoms with van der Waals surface area (Å²) >= 11 is 6.10. The molecule has 3 rings (SSSR count). The number of hydrogen-bond donors (Lipinski definition) is 1. The molecule has 0 spiro atoms. The normalized spacial score (nSPS) is 11.6. The number of aromatic nitrogens is 1. The van der Waals surface area contributed by atoms with E-state index in [2.05, 4.69) is 4.98 Å². The maximum atomic E-state index is 13.1. The first-order valence-corrected chi connectivity index (χ1v) is 8.72. The van der Waals surface area contributed by atoms with Crippen LogP contribution in [0, 0.1) is 11.7 Å². The van der Waals surface area contributed by atoms with Crippen LogP contribution in [0.5, 0.6) is 11.6 Å². The first-order chi connectivity index (χ1) is 13.5. The summed E-state index contributed by atoms with van der Waals surface area (Å²) in [5.74, 6) is -3.51. The van der Waals surface area contributed by atoms with Crippen molar-refractivity contribution in [3.05, 3.63) is 88.8 Å². The fourth-order valence-corrected chi connectivity index (χ4v) is 2.85. The van der Waals surface area contributed by atoms with Gasteiger partial charge in [0.15, 0.2) is 5.78 Å². The fraction of sp³-hybridized carbons (Fsp3) is 0.0952. The number of Topliss-reactive ketones (excluding diaryl/α,β-unsaturated/α-hetero) is 1. The van der Waals surface area contributed by atoms with Gasteiger partial charge < -0.3 is 9.84 Å². The zero-order valence-corrected chi connectivity index (χ0v) is 15.3. The van der Waals surface area contributed by atoms with Crippen LogP contribution in [0.15, 0.2) is 66.9 Å². The third kappa shape index (κ3) is 4.53. The van der Waals surface area contributed by atoms with E-state index in [4.69, 9.17) is 16.3 Å². The maximum Gasteiger partial charge on any atom is 0.314 e. The largest absolute Gasteiger partial charge is 0.481 e. The molecule has 3 aromatic rings. The van der Waals surface area contributed by atoms with E-state index in [1.54, 1.807) is 24.3 Å². The van der Waals surface area contributed by atoms with Gasteiger partial charge in [-0.3, -0.25) is 9.59 Å². The first kappa shape index (κ1) is 19.5. The van der Waals surface area contributed by atoms with Gasteiger partial charge in [0.1, 0.15) is 17.5 Å². The number of carbonyl (C=O) groups excluding carboxylic acids is 1. The summed E-state index contributed by atoms with van der Waals surface area (Å²) in [5.41, 5.74) is 0.570. The highest BCUT2D eigenvalue weighted by molar-refractivity contribution is 6.31. The average molecular weight is 400 g/mol. The van der Waals surface area contributed by atoms with Crippen LogP contribution in [0.1, 0.15) is 15.9 Å². The number of hydrogen-bond acceptors (Lipinski definition) is 4. The molecule has 0 fully saturated rings. The van der Waals surface area contributed by atoms with Gasteiger partial charge in [-0.1, -0.05) is 29.8 Å². The summed E-state index contributed by atoms with van der Waals surface area (Å²) in [5, 5.41) is 9.99. The molecule has 0 bridgehead atoms. The Morgan fingerprint density at radius 3 is 2.46 bits per heavy atom. The molecular formula is C21H15ClFNO4. The molecule has 0 aliphatic carbocycles. The van der Waals surface area contributed by atoms with E-state index in [0.29, 0.717) is 10.6 Å². The van der Waals surface area contributed by atoms with Gasteiger partial charge in [0.2, 0.25) is 5.88 Å². The summed E-state index contributed by atoms with van der Waals surface area (Å²) in [4.78, 5) is 28.8. The van der Waals surface area contributed by atoms with Crippen LogP contribution < -0.4 is 4.74 Å². The van der Waals surface area contributed by atoms with Crippen LogP contribution in [-0.4, -0.2) is 21.8 Å². The zero-order chi connectivity index (χ0) is 20.1. The van der Waals surface area contributed by atoms with Crippen molar-refractivity contribution in [2.24, 2.45) is 5.92 Å². The summed E-state index contributed by atoms with van der Waals surface area (Å²) < 4.78 is 18.6. The molecule has 1 unspecified atom stereocenters. The average Bonchev–Trinajstić information content (AvgIpc) is 2.69. The molecule has 28 heavy (non-hydrogen) atoms. The summed E-state index contributed by atoms with van der Waals surface area (Å²) in [7, 11) is 0. The number of pyridine rings is 1. The van der Waals surface area contributed by atoms with E-state index in [1.165, 1.54) is 42.6 Å². The van der Waals surface area contributed by atoms with Gasteiger partial charge in [-0.15, -0.1) is 0 Å². The quantitative estimate of drug-likeness (QED) is 0.456. The van der Waals surface area contributed by atoms with Crippen LogP contribution in [0.25, 0.3) is 0 Å². The lowest BCUT2D eigenvalue weighted by molar-refractivity contribution is -0.139. The maximum absolute atomic E-state index is 13.1. The molecule has 0 saturated carbocycles. The van der Waals surface area contributed by atoms with Crippen molar-refractivity contribution in [2.75, 3.05) is 0 Å². The Bertz CT molecular complexity index is 1010. The molecule has 2 aromatic carbocycles. The Balaban J connectivity index is 1.90. The van der Waals surface area contributed by atoms with Gasteiger partial charge >= 0.3 is 5.97 Å². The second-order valence-corrected chi connectivity index (χ2v) is 6.37. The van der Waals surface area contributed by atoms with E-state index in [0.717, 1.165) is 0 Å². The molecular weight excluding hydrogens is 385 g/mol. The smallest absolute Gasteiger partial charge is 0.314 e. The van der Waals surface area contributed by atoms with Crippen molar-refractivity contribution in [1.29, 1.82) is 0 Å². The number of nitrogens with zero attached hydrogens (tertiary/aromatic N) is 1. The van der Waals surface area contributed by atoms with E-state index >= 15 is 0 Å². The summed E-state index contributed by atoms with van der Waals surface area (Å²) in [6, 6.07) is 14.9. The molecule has 7 heteroatoms. The van der Waals surface area contributed by atoms with Crippen LogP contribution >= 0.6 is 11.6 Å². The van der Waals surface area contributed by atoms with Gasteiger partial charge in [0.05, 0.1) is 5.56 Å². The lowest BCUT2D eigenvalue weighted by atomic mass is 9.91. The monoisotopic (exact) mass is 399 g/mol. The molecule has 1 heterocycles. The van der Waals surface area contributed by atoms with E-state index in [9.17, 15) is 19.1 Å². The minimum atomic E-state index is -1.36. The van der Waals surface area contributed by atoms with Crippen molar-refractivity contribution >= 4 is 23.4 Å². The highest BCUT2D eigenvalue weighted by atomic mass is 35.5. The molecule has 0 aliphatic rings. The van der Waals surface area contributed by atoms with Crippen LogP contribution in [-0.2, 0) is 11.2 Å². The van der Waals surface area contributed by atoms with Gasteiger partial charge in [0, 0.05) is 11.2 Å². The topological polar surface area (TPSA) is 76.5 Å². The minimum Gasteiger partial charge on any atom is -0.481 e. The number of ketones is 1. The predicted molar refractivity (Wildman–Crippen MR) is 101 cm³/mol. The fourth-order valence-electron chi connectivity index (χ4n) is 2.64. The van der Waals surface area contributed by atoms with Gasteiger partial charge in [-0.2, -0.15) is 0 Å². The Labute approximate surface area is 165 Å². The number of ether oxygens (including phenoxy) is 1. The van der Waals surface area contributed by atoms with Gasteiger partial charge in [-0.05, 0) is 54.4 Å². The lowest BCUT2D eigenvalue weighted by Gasteiger charge is -2.15. The van der Waals surface area contributed by atoms with E-state index in [-0.39, 0.29) is 23.6 Å². The third-order valence-electron chi connectivity index (χ3n) is 4.06. The minimum absolute atomic E-state index is 0.0197. The Hall–Kier alpha value is -3.25. The Morgan fingerprint density at radius 1 is 1.07 bits per heavy atom.